The first kappa shape index (κ1) is 42.5. The molecule has 1 amide bonds. The van der Waals surface area contributed by atoms with Crippen LogP contribution in [0.3, 0.4) is 0 Å². The topological polar surface area (TPSA) is 122 Å². The van der Waals surface area contributed by atoms with Crippen molar-refractivity contribution in [2.45, 2.75) is 68.8 Å². The van der Waals surface area contributed by atoms with E-state index in [0.717, 1.165) is 60.4 Å². The predicted octanol–water partition coefficient (Wildman–Crippen LogP) is 8.51. The molecule has 0 aromatic heterocycles. The van der Waals surface area contributed by atoms with Crippen LogP contribution in [0, 0.1) is 34.9 Å². The Morgan fingerprint density at radius 3 is 2.12 bits per heavy atom. The van der Waals surface area contributed by atoms with Crippen LogP contribution in [0.1, 0.15) is 72.1 Å². The van der Waals surface area contributed by atoms with Gasteiger partial charge in [-0.2, -0.15) is 4.31 Å². The number of carboxylic acid groups (broad SMARTS) is 1. The zero-order valence-corrected chi connectivity index (χ0v) is 32.1. The van der Waals surface area contributed by atoms with Crippen molar-refractivity contribution in [2.75, 3.05) is 25.6 Å². The van der Waals surface area contributed by atoms with E-state index in [1.165, 1.54) is 7.11 Å². The van der Waals surface area contributed by atoms with Crippen LogP contribution in [0.25, 0.3) is 0 Å². The summed E-state index contributed by atoms with van der Waals surface area (Å²) in [5.41, 5.74) is 0.970. The summed E-state index contributed by atoms with van der Waals surface area (Å²) >= 11 is 6.28. The number of nitrogens with one attached hydrogen (secondary N) is 1. The van der Waals surface area contributed by atoms with Crippen LogP contribution in [0.15, 0.2) is 59.5 Å². The highest BCUT2D eigenvalue weighted by Crippen LogP contribution is 2.42. The van der Waals surface area contributed by atoms with E-state index in [1.807, 2.05) is 26.8 Å². The van der Waals surface area contributed by atoms with Gasteiger partial charge in [0.2, 0.25) is 21.7 Å². The summed E-state index contributed by atoms with van der Waals surface area (Å²) in [5.74, 6) is -16.5. The molecule has 4 aromatic rings. The minimum Gasteiger partial charge on any atom is -0.489 e. The van der Waals surface area contributed by atoms with Gasteiger partial charge in [0, 0.05) is 18.7 Å². The lowest BCUT2D eigenvalue weighted by Gasteiger charge is -2.32. The van der Waals surface area contributed by atoms with Crippen LogP contribution in [0.4, 0.5) is 32.0 Å². The van der Waals surface area contributed by atoms with Gasteiger partial charge in [-0.25, -0.2) is 39.6 Å². The number of amides is 1. The molecule has 0 saturated heterocycles. The third-order valence-corrected chi connectivity index (χ3v) is 11.3. The molecule has 1 aliphatic rings. The smallest absolute Gasteiger partial charge is 0.335 e. The van der Waals surface area contributed by atoms with E-state index in [0.29, 0.717) is 5.56 Å². The maximum absolute atomic E-state index is 15.4. The number of hydrogen-bond donors (Lipinski definition) is 2. The van der Waals surface area contributed by atoms with Gasteiger partial charge in [0.1, 0.15) is 24.2 Å². The van der Waals surface area contributed by atoms with Crippen LogP contribution >= 0.6 is 11.6 Å². The molecule has 9 nitrogen and oxygen atoms in total. The molecule has 1 unspecified atom stereocenters. The van der Waals surface area contributed by atoms with Crippen molar-refractivity contribution in [2.24, 2.45) is 0 Å². The maximum Gasteiger partial charge on any atom is 0.335 e. The largest absolute Gasteiger partial charge is 0.489 e. The number of methoxy groups -OCH3 is 1. The molecule has 17 heteroatoms. The highest BCUT2D eigenvalue weighted by atomic mass is 35.5. The average molecular weight is 827 g/mol. The van der Waals surface area contributed by atoms with Gasteiger partial charge in [0.05, 0.1) is 17.9 Å². The number of halogens is 7. The number of anilines is 1. The van der Waals surface area contributed by atoms with E-state index in [2.05, 4.69) is 5.32 Å². The minimum atomic E-state index is -5.91. The second-order valence-electron chi connectivity index (χ2n) is 14.2. The first-order valence-electron chi connectivity index (χ1n) is 17.2. The molecule has 0 bridgehead atoms. The van der Waals surface area contributed by atoms with Crippen molar-refractivity contribution in [3.63, 3.8) is 0 Å². The molecule has 1 atom stereocenters. The number of sulfonamides is 1. The van der Waals surface area contributed by atoms with Crippen molar-refractivity contribution in [1.82, 2.24) is 4.31 Å². The first-order chi connectivity index (χ1) is 26.2. The van der Waals surface area contributed by atoms with E-state index in [-0.39, 0.29) is 51.0 Å². The minimum absolute atomic E-state index is 0.0348. The molecule has 300 valence electrons. The Bertz CT molecular complexity index is 2250. The summed E-state index contributed by atoms with van der Waals surface area (Å²) in [6.45, 7) is 4.66. The Hall–Kier alpha value is -4.64. The van der Waals surface area contributed by atoms with Crippen LogP contribution in [-0.4, -0.2) is 56.1 Å². The maximum atomic E-state index is 15.4. The Morgan fingerprint density at radius 2 is 1.55 bits per heavy atom. The van der Waals surface area contributed by atoms with Crippen molar-refractivity contribution >= 4 is 39.2 Å². The van der Waals surface area contributed by atoms with Gasteiger partial charge in [-0.3, -0.25) is 4.79 Å². The quantitative estimate of drug-likeness (QED) is 0.0534. The molecular formula is C39H37ClF6N2O7S. The highest BCUT2D eigenvalue weighted by Gasteiger charge is 2.43. The van der Waals surface area contributed by atoms with Gasteiger partial charge in [-0.05, 0) is 83.2 Å². The van der Waals surface area contributed by atoms with Gasteiger partial charge in [-0.1, -0.05) is 56.6 Å². The van der Waals surface area contributed by atoms with E-state index < -0.39 is 86.1 Å². The molecule has 0 aliphatic heterocycles. The number of carbonyl (C=O) groups is 2. The second-order valence-corrected chi connectivity index (χ2v) is 16.5. The lowest BCUT2D eigenvalue weighted by atomic mass is 9.83. The fraction of sp³-hybridized carbons (Fsp3) is 0.333. The van der Waals surface area contributed by atoms with Crippen LogP contribution < -0.4 is 10.1 Å². The number of benzene rings is 4. The molecule has 0 radical (unpaired) electrons. The third kappa shape index (κ3) is 9.31. The van der Waals surface area contributed by atoms with Crippen LogP contribution in [0.2, 0.25) is 5.02 Å². The van der Waals surface area contributed by atoms with E-state index >= 15 is 8.78 Å². The summed E-state index contributed by atoms with van der Waals surface area (Å²) in [6.07, 6.45) is 1.19. The number of carboxylic acids is 1. The van der Waals surface area contributed by atoms with E-state index in [4.69, 9.17) is 21.1 Å². The van der Waals surface area contributed by atoms with Crippen LogP contribution in [0.5, 0.6) is 5.75 Å². The van der Waals surface area contributed by atoms with Crippen LogP contribution in [-0.2, 0) is 37.9 Å². The Kier molecular flexibility index (Phi) is 12.8. The zero-order chi connectivity index (χ0) is 41.3. The number of hydrogen-bond acceptors (Lipinski definition) is 6. The molecule has 1 saturated carbocycles. The molecule has 5 rings (SSSR count). The third-order valence-electron chi connectivity index (χ3n) is 9.12. The number of rotatable bonds is 15. The zero-order valence-electron chi connectivity index (χ0n) is 30.5. The van der Waals surface area contributed by atoms with Crippen molar-refractivity contribution in [1.29, 1.82) is 0 Å². The molecule has 1 fully saturated rings. The predicted molar refractivity (Wildman–Crippen MR) is 194 cm³/mol. The Morgan fingerprint density at radius 1 is 0.911 bits per heavy atom. The summed E-state index contributed by atoms with van der Waals surface area (Å²) in [5, 5.41) is 11.7. The van der Waals surface area contributed by atoms with Crippen molar-refractivity contribution in [3.8, 4) is 5.75 Å². The summed E-state index contributed by atoms with van der Waals surface area (Å²) in [4.78, 5) is 24.2. The fourth-order valence-corrected chi connectivity index (χ4v) is 7.82. The van der Waals surface area contributed by atoms with Gasteiger partial charge in [0.15, 0.2) is 28.2 Å². The Balaban J connectivity index is 1.75. The summed E-state index contributed by atoms with van der Waals surface area (Å²) in [7, 11) is -4.53. The van der Waals surface area contributed by atoms with Gasteiger partial charge in [0.25, 0.3) is 0 Å². The average Bonchev–Trinajstić information content (AvgIpc) is 3.98. The molecule has 56 heavy (non-hydrogen) atoms. The second kappa shape index (κ2) is 16.8. The van der Waals surface area contributed by atoms with Crippen molar-refractivity contribution in [3.05, 3.63) is 122 Å². The molecule has 4 aromatic carbocycles. The standard InChI is InChI=1S/C39H37ClF6N2O7S/c1-39(2,3)25-14-20(13-24(16-25)21-5-6-21)15-29(37(49)47-28-10-8-22(38(50)51)17-30(28)55-12-11-54-4)48(19-23-7-9-26(41)18-27(23)40)56(52,53)36-34(45)32(43)31(42)33(44)35(36)46/h7-10,13-14,16-18,21,29H,5-6,11-12,15,19H2,1-4H3,(H,47,49)(H,50,51). The Labute approximate surface area is 324 Å². The van der Waals surface area contributed by atoms with E-state index in [9.17, 15) is 40.7 Å². The first-order valence-corrected chi connectivity index (χ1v) is 19.0. The summed E-state index contributed by atoms with van der Waals surface area (Å²) < 4.78 is 128. The SMILES string of the molecule is COCCOc1cc(C(=O)O)ccc1NC(=O)C(Cc1cc(C2CC2)cc(C(C)(C)C)c1)N(Cc1ccc(F)cc1Cl)S(=O)(=O)c1c(F)c(F)c(F)c(F)c1F. The normalized spacial score (nSPS) is 13.9. The van der Waals surface area contributed by atoms with Gasteiger partial charge in [-0.15, -0.1) is 0 Å². The molecule has 2 N–H and O–H groups in total. The molecular weight excluding hydrogens is 790 g/mol. The molecule has 0 spiro atoms. The molecule has 0 heterocycles. The lowest BCUT2D eigenvalue weighted by Crippen LogP contribution is -2.48. The number of aromatic carboxylic acids is 1. The molecule has 1 aliphatic carbocycles. The number of nitrogens with zero attached hydrogens (tertiary/aromatic N) is 1. The summed E-state index contributed by atoms with van der Waals surface area (Å²) in [6, 6.07) is 9.46. The van der Waals surface area contributed by atoms with Crippen molar-refractivity contribution < 1.29 is 58.9 Å². The monoisotopic (exact) mass is 826 g/mol. The van der Waals surface area contributed by atoms with E-state index in [1.54, 1.807) is 12.1 Å². The number of carbonyl (C=O) groups excluding carboxylic acids is 1. The fourth-order valence-electron chi connectivity index (χ4n) is 5.91. The van der Waals surface area contributed by atoms with Gasteiger partial charge < -0.3 is 19.9 Å². The lowest BCUT2D eigenvalue weighted by molar-refractivity contribution is -0.120. The number of ether oxygens (including phenoxy) is 2. The highest BCUT2D eigenvalue weighted by molar-refractivity contribution is 7.89. The van der Waals surface area contributed by atoms with Gasteiger partial charge >= 0.3 is 5.97 Å².